The monoisotopic (exact) mass is 474 g/mol. The van der Waals surface area contributed by atoms with Crippen molar-refractivity contribution < 1.29 is 13.9 Å². The number of piperidine rings is 3. The molecule has 146 valence electrons. The van der Waals surface area contributed by atoms with Crippen molar-refractivity contribution in [2.24, 2.45) is 5.92 Å². The van der Waals surface area contributed by atoms with Crippen LogP contribution in [0.2, 0.25) is 0 Å². The summed E-state index contributed by atoms with van der Waals surface area (Å²) in [6, 6.07) is 10.2. The van der Waals surface area contributed by atoms with Gasteiger partial charge in [-0.25, -0.2) is 9.18 Å². The third-order valence-corrected chi connectivity index (χ3v) is 6.76. The molecule has 0 saturated carbocycles. The molecule has 0 spiro atoms. The minimum absolute atomic E-state index is 0. The highest BCUT2D eigenvalue weighted by atomic mass is 79.9. The van der Waals surface area contributed by atoms with E-state index in [4.69, 9.17) is 4.74 Å². The van der Waals surface area contributed by atoms with E-state index in [-0.39, 0.29) is 30.7 Å². The van der Waals surface area contributed by atoms with Crippen molar-refractivity contribution in [1.29, 1.82) is 0 Å². The number of hydrogen-bond acceptors (Lipinski definition) is 4. The summed E-state index contributed by atoms with van der Waals surface area (Å²) in [6.45, 7) is 3.24. The van der Waals surface area contributed by atoms with Crippen LogP contribution in [0.5, 0.6) is 0 Å². The molecular weight excluding hydrogens is 455 g/mol. The Hall–Kier alpha value is -1.15. The van der Waals surface area contributed by atoms with Gasteiger partial charge in [0.2, 0.25) is 0 Å². The Morgan fingerprint density at radius 1 is 1.26 bits per heavy atom. The molecule has 2 bridgehead atoms. The van der Waals surface area contributed by atoms with E-state index in [0.717, 1.165) is 41.1 Å². The number of halogens is 3. The maximum atomic E-state index is 14.4. The van der Waals surface area contributed by atoms with Gasteiger partial charge in [-0.1, -0.05) is 12.1 Å². The Morgan fingerprint density at radius 2 is 2.00 bits per heavy atom. The Bertz CT molecular complexity index is 798. The van der Waals surface area contributed by atoms with E-state index >= 15 is 0 Å². The number of hydrogen-bond donors (Lipinski definition) is 0. The van der Waals surface area contributed by atoms with E-state index in [1.165, 1.54) is 22.3 Å². The Morgan fingerprint density at radius 3 is 2.59 bits per heavy atom. The van der Waals surface area contributed by atoms with Crippen molar-refractivity contribution in [2.75, 3.05) is 24.5 Å². The lowest BCUT2D eigenvalue weighted by Gasteiger charge is -2.44. The Kier molecular flexibility index (Phi) is 6.78. The fourth-order valence-electron chi connectivity index (χ4n) is 3.75. The van der Waals surface area contributed by atoms with Gasteiger partial charge in [-0.2, -0.15) is 0 Å². The number of rotatable bonds is 4. The molecule has 8 heteroatoms. The number of amides is 1. The number of carbonyl (C=O) groups excluding carboxylic acids is 1. The quantitative estimate of drug-likeness (QED) is 0.601. The zero-order chi connectivity index (χ0) is 18.1. The second-order valence-electron chi connectivity index (χ2n) is 6.80. The summed E-state index contributed by atoms with van der Waals surface area (Å²) in [5, 5.41) is 0. The topological polar surface area (TPSA) is 32.8 Å². The third kappa shape index (κ3) is 4.65. The molecule has 1 aromatic heterocycles. The molecular formula is C19H21BrClFN2O2S. The normalized spacial score (nSPS) is 23.6. The maximum Gasteiger partial charge on any atom is 0.415 e. The Balaban J connectivity index is 0.00000210. The SMILES string of the molecule is Cl.O=C(O[C@H]1CN2CCC1CC2)N(Cc1ccc(Br)s1)c1ccccc1F. The van der Waals surface area contributed by atoms with E-state index in [9.17, 15) is 9.18 Å². The molecule has 3 aliphatic rings. The first-order valence-electron chi connectivity index (χ1n) is 8.79. The van der Waals surface area contributed by atoms with Crippen LogP contribution in [-0.4, -0.2) is 36.7 Å². The zero-order valence-electron chi connectivity index (χ0n) is 14.6. The van der Waals surface area contributed by atoms with Crippen LogP contribution in [0.15, 0.2) is 40.2 Å². The third-order valence-electron chi connectivity index (χ3n) is 5.15. The van der Waals surface area contributed by atoms with E-state index in [2.05, 4.69) is 20.8 Å². The second kappa shape index (κ2) is 8.90. The molecule has 27 heavy (non-hydrogen) atoms. The molecule has 0 unspecified atom stereocenters. The number of benzene rings is 1. The molecule has 5 rings (SSSR count). The van der Waals surface area contributed by atoms with Gasteiger partial charge in [-0.3, -0.25) is 9.80 Å². The molecule has 0 radical (unpaired) electrons. The van der Waals surface area contributed by atoms with E-state index in [1.807, 2.05) is 12.1 Å². The molecule has 1 atom stereocenters. The summed E-state index contributed by atoms with van der Waals surface area (Å²) >= 11 is 4.96. The summed E-state index contributed by atoms with van der Waals surface area (Å²) < 4.78 is 21.2. The van der Waals surface area contributed by atoms with E-state index in [0.29, 0.717) is 5.92 Å². The lowest BCUT2D eigenvalue weighted by molar-refractivity contribution is -0.0311. The highest BCUT2D eigenvalue weighted by Gasteiger charge is 2.37. The van der Waals surface area contributed by atoms with Crippen molar-refractivity contribution in [2.45, 2.75) is 25.5 Å². The molecule has 1 aromatic carbocycles. The van der Waals surface area contributed by atoms with Crippen LogP contribution in [0.4, 0.5) is 14.9 Å². The van der Waals surface area contributed by atoms with Gasteiger partial charge in [-0.15, -0.1) is 23.7 Å². The van der Waals surface area contributed by atoms with Crippen LogP contribution in [0.3, 0.4) is 0 Å². The second-order valence-corrected chi connectivity index (χ2v) is 9.35. The average molecular weight is 476 g/mol. The van der Waals surface area contributed by atoms with Gasteiger partial charge < -0.3 is 4.74 Å². The van der Waals surface area contributed by atoms with Gasteiger partial charge >= 0.3 is 6.09 Å². The minimum Gasteiger partial charge on any atom is -0.444 e. The Labute approximate surface area is 176 Å². The molecule has 4 nitrogen and oxygen atoms in total. The number of para-hydroxylation sites is 1. The maximum absolute atomic E-state index is 14.4. The van der Waals surface area contributed by atoms with Crippen molar-refractivity contribution in [3.8, 4) is 0 Å². The highest BCUT2D eigenvalue weighted by Crippen LogP contribution is 2.32. The lowest BCUT2D eigenvalue weighted by Crippen LogP contribution is -2.53. The number of carbonyl (C=O) groups is 1. The first kappa shape index (κ1) is 20.6. The fourth-order valence-corrected chi connectivity index (χ4v) is 5.22. The van der Waals surface area contributed by atoms with E-state index in [1.54, 1.807) is 18.2 Å². The first-order valence-corrected chi connectivity index (χ1v) is 10.4. The van der Waals surface area contributed by atoms with Gasteiger partial charge in [0, 0.05) is 11.4 Å². The van der Waals surface area contributed by atoms with Crippen molar-refractivity contribution in [3.05, 3.63) is 50.9 Å². The number of anilines is 1. The molecule has 4 heterocycles. The summed E-state index contributed by atoms with van der Waals surface area (Å²) in [6.07, 6.45) is 1.55. The van der Waals surface area contributed by atoms with Gasteiger partial charge in [0.25, 0.3) is 0 Å². The van der Waals surface area contributed by atoms with Gasteiger partial charge in [0.15, 0.2) is 0 Å². The smallest absolute Gasteiger partial charge is 0.415 e. The van der Waals surface area contributed by atoms with Gasteiger partial charge in [0.1, 0.15) is 11.9 Å². The van der Waals surface area contributed by atoms with Crippen molar-refractivity contribution in [3.63, 3.8) is 0 Å². The summed E-state index contributed by atoms with van der Waals surface area (Å²) in [7, 11) is 0. The van der Waals surface area contributed by atoms with Gasteiger partial charge in [0.05, 0.1) is 16.0 Å². The van der Waals surface area contributed by atoms with Crippen LogP contribution in [0, 0.1) is 11.7 Å². The van der Waals surface area contributed by atoms with E-state index < -0.39 is 11.9 Å². The molecule has 2 aromatic rings. The molecule has 3 saturated heterocycles. The molecule has 3 aliphatic heterocycles. The summed E-state index contributed by atoms with van der Waals surface area (Å²) in [5.41, 5.74) is 0.253. The highest BCUT2D eigenvalue weighted by molar-refractivity contribution is 9.11. The van der Waals surface area contributed by atoms with Crippen LogP contribution in [0.25, 0.3) is 0 Å². The fraction of sp³-hybridized carbons (Fsp3) is 0.421. The molecule has 3 fully saturated rings. The molecule has 0 aliphatic carbocycles. The lowest BCUT2D eigenvalue weighted by atomic mass is 9.86. The predicted molar refractivity (Wildman–Crippen MR) is 111 cm³/mol. The zero-order valence-corrected chi connectivity index (χ0v) is 17.9. The van der Waals surface area contributed by atoms with Crippen molar-refractivity contribution >= 4 is 51.5 Å². The van der Waals surface area contributed by atoms with Crippen LogP contribution in [-0.2, 0) is 11.3 Å². The standard InChI is InChI=1S/C19H20BrFN2O2S.ClH/c20-18-6-5-14(26-18)11-23(16-4-2-1-3-15(16)21)19(24)25-17-12-22-9-7-13(17)8-10-22;/h1-6,13,17H,7-12H2;1H/t17-;/m0./s1. The van der Waals surface area contributed by atoms with Crippen LogP contribution >= 0.6 is 39.7 Å². The molecule has 1 amide bonds. The predicted octanol–water partition coefficient (Wildman–Crippen LogP) is 5.31. The first-order chi connectivity index (χ1) is 12.6. The number of fused-ring (bicyclic) bond motifs is 3. The van der Waals surface area contributed by atoms with Gasteiger partial charge in [-0.05, 0) is 72.0 Å². The largest absolute Gasteiger partial charge is 0.444 e. The minimum atomic E-state index is -0.474. The average Bonchev–Trinajstić information content (AvgIpc) is 3.06. The summed E-state index contributed by atoms with van der Waals surface area (Å²) in [5.74, 6) is -0.00344. The number of nitrogens with zero attached hydrogens (tertiary/aromatic N) is 2. The molecule has 0 N–H and O–H groups in total. The summed E-state index contributed by atoms with van der Waals surface area (Å²) in [4.78, 5) is 17.7. The number of ether oxygens (including phenoxy) is 1. The van der Waals surface area contributed by atoms with Crippen LogP contribution < -0.4 is 4.90 Å². The number of thiophene rings is 1. The van der Waals surface area contributed by atoms with Crippen LogP contribution in [0.1, 0.15) is 17.7 Å². The van der Waals surface area contributed by atoms with Crippen molar-refractivity contribution in [1.82, 2.24) is 4.90 Å².